The Hall–Kier alpha value is -3.12. The molecular formula is C21H17N2O+. The molecule has 4 rings (SSSR count). The Bertz CT molecular complexity index is 1150. The van der Waals surface area contributed by atoms with Gasteiger partial charge in [0.2, 0.25) is 11.4 Å². The van der Waals surface area contributed by atoms with Gasteiger partial charge in [0.15, 0.2) is 6.20 Å². The van der Waals surface area contributed by atoms with Crippen LogP contribution in [0.15, 0.2) is 53.1 Å². The zero-order chi connectivity index (χ0) is 16.8. The lowest BCUT2D eigenvalue weighted by Crippen LogP contribution is -2.30. The molecule has 2 heterocycles. The summed E-state index contributed by atoms with van der Waals surface area (Å²) in [6, 6.07) is 14.3. The largest absolute Gasteiger partial charge is 0.457 e. The average molecular weight is 313 g/mol. The highest BCUT2D eigenvalue weighted by Gasteiger charge is 2.18. The molecule has 2 aromatic carbocycles. The minimum Gasteiger partial charge on any atom is -0.457 e. The number of pyridine rings is 1. The molecule has 0 radical (unpaired) electrons. The lowest BCUT2D eigenvalue weighted by molar-refractivity contribution is -0.660. The van der Waals surface area contributed by atoms with E-state index in [0.717, 1.165) is 44.3 Å². The highest BCUT2D eigenvalue weighted by molar-refractivity contribution is 6.13. The summed E-state index contributed by atoms with van der Waals surface area (Å²) in [6.07, 6.45) is 2.04. The van der Waals surface area contributed by atoms with E-state index in [1.807, 2.05) is 44.4 Å². The fraction of sp³-hybridized carbons (Fsp3) is 0.143. The molecule has 0 aliphatic heterocycles. The van der Waals surface area contributed by atoms with Crippen molar-refractivity contribution < 1.29 is 8.98 Å². The Morgan fingerprint density at radius 3 is 2.58 bits per heavy atom. The van der Waals surface area contributed by atoms with Crippen LogP contribution in [0.5, 0.6) is 0 Å². The molecule has 4 aromatic rings. The normalized spacial score (nSPS) is 11.1. The van der Waals surface area contributed by atoms with Crippen LogP contribution in [-0.4, -0.2) is 0 Å². The summed E-state index contributed by atoms with van der Waals surface area (Å²) >= 11 is 0. The van der Waals surface area contributed by atoms with Gasteiger partial charge in [0, 0.05) is 28.5 Å². The van der Waals surface area contributed by atoms with Gasteiger partial charge in [-0.15, -0.1) is 0 Å². The van der Waals surface area contributed by atoms with E-state index in [4.69, 9.17) is 11.0 Å². The summed E-state index contributed by atoms with van der Waals surface area (Å²) in [5.74, 6) is 0. The maximum Gasteiger partial charge on any atom is 0.212 e. The Balaban J connectivity index is 2.14. The molecule has 0 fully saturated rings. The van der Waals surface area contributed by atoms with Gasteiger partial charge in [0.05, 0.1) is 6.57 Å². The van der Waals surface area contributed by atoms with Crippen molar-refractivity contribution in [3.05, 3.63) is 71.2 Å². The Morgan fingerprint density at radius 2 is 1.83 bits per heavy atom. The molecule has 24 heavy (non-hydrogen) atoms. The van der Waals surface area contributed by atoms with Gasteiger partial charge in [-0.3, -0.25) is 0 Å². The lowest BCUT2D eigenvalue weighted by Gasteiger charge is -2.05. The number of rotatable bonds is 1. The lowest BCUT2D eigenvalue weighted by atomic mass is 10.00. The van der Waals surface area contributed by atoms with Crippen molar-refractivity contribution in [2.24, 2.45) is 7.05 Å². The quantitative estimate of drug-likeness (QED) is 0.347. The zero-order valence-electron chi connectivity index (χ0n) is 13.9. The molecule has 116 valence electrons. The molecule has 0 bridgehead atoms. The molecule has 3 heteroatoms. The number of furan rings is 1. The molecular weight excluding hydrogens is 296 g/mol. The number of hydrogen-bond acceptors (Lipinski definition) is 1. The Morgan fingerprint density at radius 1 is 1.00 bits per heavy atom. The van der Waals surface area contributed by atoms with Crippen LogP contribution in [0.1, 0.15) is 11.1 Å². The van der Waals surface area contributed by atoms with Crippen molar-refractivity contribution in [1.82, 2.24) is 0 Å². The van der Waals surface area contributed by atoms with Gasteiger partial charge in [-0.25, -0.2) is 9.41 Å². The SMILES string of the molecule is [C-]#[N+]c1c(C)ccc2oc3cc(C)c(-c4cccc[n+]4C)cc3c12. The maximum atomic E-state index is 7.55. The van der Waals surface area contributed by atoms with Gasteiger partial charge in [-0.2, -0.15) is 0 Å². The summed E-state index contributed by atoms with van der Waals surface area (Å²) in [6.45, 7) is 11.6. The van der Waals surface area contributed by atoms with Crippen LogP contribution in [0, 0.1) is 20.4 Å². The molecule has 0 N–H and O–H groups in total. The fourth-order valence-electron chi connectivity index (χ4n) is 3.33. The molecule has 0 aliphatic rings. The number of fused-ring (bicyclic) bond motifs is 3. The van der Waals surface area contributed by atoms with Gasteiger partial charge < -0.3 is 4.42 Å². The topological polar surface area (TPSA) is 21.4 Å². The molecule has 0 amide bonds. The average Bonchev–Trinajstić information content (AvgIpc) is 2.92. The van der Waals surface area contributed by atoms with E-state index in [1.165, 1.54) is 0 Å². The van der Waals surface area contributed by atoms with Gasteiger partial charge in [0.1, 0.15) is 18.2 Å². The number of benzene rings is 2. The van der Waals surface area contributed by atoms with Crippen LogP contribution in [0.3, 0.4) is 0 Å². The summed E-state index contributed by atoms with van der Waals surface area (Å²) in [5, 5.41) is 1.92. The second kappa shape index (κ2) is 5.21. The molecule has 0 saturated heterocycles. The van der Waals surface area contributed by atoms with Crippen molar-refractivity contribution in [1.29, 1.82) is 0 Å². The molecule has 3 nitrogen and oxygen atoms in total. The smallest absolute Gasteiger partial charge is 0.212 e. The monoisotopic (exact) mass is 313 g/mol. The van der Waals surface area contributed by atoms with E-state index in [1.54, 1.807) is 0 Å². The van der Waals surface area contributed by atoms with E-state index in [2.05, 4.69) is 34.5 Å². The summed E-state index contributed by atoms with van der Waals surface area (Å²) < 4.78 is 8.11. The van der Waals surface area contributed by atoms with Crippen LogP contribution in [0.4, 0.5) is 5.69 Å². The molecule has 2 aromatic heterocycles. The third-order valence-electron chi connectivity index (χ3n) is 4.60. The first kappa shape index (κ1) is 14.5. The molecule has 0 atom stereocenters. The van der Waals surface area contributed by atoms with E-state index < -0.39 is 0 Å². The predicted molar refractivity (Wildman–Crippen MR) is 96.1 cm³/mol. The first-order valence-electron chi connectivity index (χ1n) is 7.89. The first-order valence-corrected chi connectivity index (χ1v) is 7.89. The van der Waals surface area contributed by atoms with Gasteiger partial charge >= 0.3 is 0 Å². The van der Waals surface area contributed by atoms with Crippen molar-refractivity contribution in [2.45, 2.75) is 13.8 Å². The first-order chi connectivity index (χ1) is 11.6. The van der Waals surface area contributed by atoms with Crippen LogP contribution in [-0.2, 0) is 7.05 Å². The Kier molecular flexibility index (Phi) is 3.14. The van der Waals surface area contributed by atoms with Crippen molar-refractivity contribution in [2.75, 3.05) is 0 Å². The van der Waals surface area contributed by atoms with Crippen LogP contribution < -0.4 is 4.57 Å². The van der Waals surface area contributed by atoms with Crippen LogP contribution >= 0.6 is 0 Å². The molecule has 0 spiro atoms. The number of nitrogens with zero attached hydrogens (tertiary/aromatic N) is 2. The maximum absolute atomic E-state index is 7.55. The van der Waals surface area contributed by atoms with Gasteiger partial charge in [-0.05, 0) is 49.2 Å². The zero-order valence-corrected chi connectivity index (χ0v) is 13.9. The number of aryl methyl sites for hydroxylation is 3. The summed E-state index contributed by atoms with van der Waals surface area (Å²) in [7, 11) is 2.04. The van der Waals surface area contributed by atoms with Crippen LogP contribution in [0.2, 0.25) is 0 Å². The third-order valence-corrected chi connectivity index (χ3v) is 4.60. The third kappa shape index (κ3) is 2.00. The van der Waals surface area contributed by atoms with Gasteiger partial charge in [0.25, 0.3) is 0 Å². The van der Waals surface area contributed by atoms with Gasteiger partial charge in [-0.1, -0.05) is 6.07 Å². The number of hydrogen-bond donors (Lipinski definition) is 0. The standard InChI is InChI=1S/C21H17N2O/c1-13-8-9-18-20(21(13)22-3)16-12-15(14(2)11-19(16)24-18)17-7-5-6-10-23(17)4/h5-12H,1-2,4H3/q+1. The molecule has 0 saturated carbocycles. The van der Waals surface area contributed by atoms with E-state index in [9.17, 15) is 0 Å². The van der Waals surface area contributed by atoms with E-state index in [0.29, 0.717) is 5.69 Å². The van der Waals surface area contributed by atoms with E-state index in [-0.39, 0.29) is 0 Å². The summed E-state index contributed by atoms with van der Waals surface area (Å²) in [4.78, 5) is 3.75. The molecule has 0 aliphatic carbocycles. The van der Waals surface area contributed by atoms with Crippen molar-refractivity contribution in [3.63, 3.8) is 0 Å². The second-order valence-electron chi connectivity index (χ2n) is 6.18. The minimum absolute atomic E-state index is 0.679. The minimum atomic E-state index is 0.679. The number of aromatic nitrogens is 1. The van der Waals surface area contributed by atoms with Crippen molar-refractivity contribution in [3.8, 4) is 11.3 Å². The second-order valence-corrected chi connectivity index (χ2v) is 6.18. The fourth-order valence-corrected chi connectivity index (χ4v) is 3.33. The highest BCUT2D eigenvalue weighted by Crippen LogP contribution is 2.40. The highest BCUT2D eigenvalue weighted by atomic mass is 16.3. The predicted octanol–water partition coefficient (Wildman–Crippen LogP) is 5.25. The van der Waals surface area contributed by atoms with E-state index >= 15 is 0 Å². The van der Waals surface area contributed by atoms with Crippen molar-refractivity contribution >= 4 is 27.6 Å². The van der Waals surface area contributed by atoms with Crippen LogP contribution in [0.25, 0.3) is 38.0 Å². The summed E-state index contributed by atoms with van der Waals surface area (Å²) in [5.41, 5.74) is 6.72. The Labute approximate surface area is 140 Å². The molecule has 0 unspecified atom stereocenters.